The van der Waals surface area contributed by atoms with Crippen molar-refractivity contribution in [3.63, 3.8) is 0 Å². The molecular weight excluding hydrogens is 260 g/mol. The summed E-state index contributed by atoms with van der Waals surface area (Å²) in [6.45, 7) is 11.1. The van der Waals surface area contributed by atoms with Crippen LogP contribution in [0.25, 0.3) is 10.9 Å². The van der Waals surface area contributed by atoms with E-state index in [2.05, 4.69) is 61.0 Å². The van der Waals surface area contributed by atoms with Crippen LogP contribution < -0.4 is 5.32 Å². The molecule has 0 atom stereocenters. The number of hydrogen-bond donors (Lipinski definition) is 1. The van der Waals surface area contributed by atoms with Crippen LogP contribution in [0.3, 0.4) is 0 Å². The van der Waals surface area contributed by atoms with Crippen molar-refractivity contribution < 1.29 is 4.74 Å². The van der Waals surface area contributed by atoms with E-state index in [1.165, 1.54) is 16.6 Å². The van der Waals surface area contributed by atoms with Gasteiger partial charge < -0.3 is 14.6 Å². The van der Waals surface area contributed by atoms with Crippen LogP contribution in [-0.4, -0.2) is 24.3 Å². The number of fused-ring (bicyclic) bond motifs is 1. The zero-order valence-electron chi connectivity index (χ0n) is 13.6. The average Bonchev–Trinajstić information content (AvgIpc) is 2.81. The first-order valence-electron chi connectivity index (χ1n) is 8.08. The molecule has 0 spiro atoms. The second-order valence-electron chi connectivity index (χ2n) is 5.98. The number of ether oxygens (including phenoxy) is 1. The van der Waals surface area contributed by atoms with Gasteiger partial charge >= 0.3 is 0 Å². The van der Waals surface area contributed by atoms with E-state index in [1.54, 1.807) is 0 Å². The Morgan fingerprint density at radius 3 is 2.76 bits per heavy atom. The van der Waals surface area contributed by atoms with Gasteiger partial charge in [-0.1, -0.05) is 39.0 Å². The Kier molecular flexibility index (Phi) is 6.27. The molecule has 0 aliphatic rings. The second kappa shape index (κ2) is 8.20. The molecule has 0 fully saturated rings. The molecule has 2 aromatic rings. The Morgan fingerprint density at radius 2 is 2.00 bits per heavy atom. The Hall–Kier alpha value is -1.32. The number of nitrogens with zero attached hydrogens (tertiary/aromatic N) is 1. The van der Waals surface area contributed by atoms with Gasteiger partial charge in [0.15, 0.2) is 0 Å². The minimum Gasteiger partial charge on any atom is -0.380 e. The number of aromatic nitrogens is 1. The molecule has 0 bridgehead atoms. The summed E-state index contributed by atoms with van der Waals surface area (Å²) >= 11 is 0. The lowest BCUT2D eigenvalue weighted by Crippen LogP contribution is -2.21. The van der Waals surface area contributed by atoms with Crippen molar-refractivity contribution in [2.45, 2.75) is 40.3 Å². The van der Waals surface area contributed by atoms with Crippen molar-refractivity contribution >= 4 is 10.9 Å². The number of rotatable bonds is 9. The van der Waals surface area contributed by atoms with Crippen LogP contribution in [0.5, 0.6) is 0 Å². The lowest BCUT2D eigenvalue weighted by atomic mass is 10.2. The zero-order chi connectivity index (χ0) is 15.1. The monoisotopic (exact) mass is 288 g/mol. The van der Waals surface area contributed by atoms with Crippen molar-refractivity contribution in [3.8, 4) is 0 Å². The third kappa shape index (κ3) is 4.58. The van der Waals surface area contributed by atoms with Crippen LogP contribution in [0.2, 0.25) is 0 Å². The Morgan fingerprint density at radius 1 is 1.19 bits per heavy atom. The first kappa shape index (κ1) is 16.1. The van der Waals surface area contributed by atoms with Gasteiger partial charge in [-0.15, -0.1) is 0 Å². The van der Waals surface area contributed by atoms with Crippen molar-refractivity contribution in [1.29, 1.82) is 0 Å². The van der Waals surface area contributed by atoms with E-state index in [0.29, 0.717) is 5.92 Å². The third-order valence-corrected chi connectivity index (χ3v) is 3.56. The molecule has 3 heteroatoms. The van der Waals surface area contributed by atoms with E-state index in [-0.39, 0.29) is 0 Å². The maximum atomic E-state index is 5.66. The van der Waals surface area contributed by atoms with Crippen LogP contribution in [0.1, 0.15) is 32.9 Å². The van der Waals surface area contributed by atoms with Gasteiger partial charge in [0.05, 0.1) is 6.61 Å². The number of para-hydroxylation sites is 1. The summed E-state index contributed by atoms with van der Waals surface area (Å²) in [5, 5.41) is 4.86. The van der Waals surface area contributed by atoms with E-state index in [1.807, 2.05) is 0 Å². The Balaban J connectivity index is 2.09. The molecule has 21 heavy (non-hydrogen) atoms. The van der Waals surface area contributed by atoms with Gasteiger partial charge in [0, 0.05) is 30.9 Å². The summed E-state index contributed by atoms with van der Waals surface area (Å²) in [6, 6.07) is 10.9. The fourth-order valence-electron chi connectivity index (χ4n) is 2.57. The zero-order valence-corrected chi connectivity index (χ0v) is 13.6. The van der Waals surface area contributed by atoms with Crippen molar-refractivity contribution in [1.82, 2.24) is 9.88 Å². The molecular formula is C18H28N2O. The number of benzene rings is 1. The minimum absolute atomic E-state index is 0.677. The van der Waals surface area contributed by atoms with Gasteiger partial charge in [0.2, 0.25) is 0 Å². The number of nitrogens with one attached hydrogen (secondary N) is 1. The fourth-order valence-corrected chi connectivity index (χ4v) is 2.57. The molecule has 1 aromatic carbocycles. The van der Waals surface area contributed by atoms with Gasteiger partial charge in [-0.3, -0.25) is 0 Å². The molecule has 0 saturated carbocycles. The van der Waals surface area contributed by atoms with Crippen LogP contribution in [-0.2, 0) is 17.8 Å². The Bertz CT molecular complexity index is 545. The molecule has 0 saturated heterocycles. The van der Waals surface area contributed by atoms with Gasteiger partial charge in [-0.25, -0.2) is 0 Å². The van der Waals surface area contributed by atoms with Gasteiger partial charge in [0.1, 0.15) is 0 Å². The van der Waals surface area contributed by atoms with Crippen LogP contribution >= 0.6 is 0 Å². The molecule has 1 aromatic heterocycles. The van der Waals surface area contributed by atoms with E-state index in [0.717, 1.165) is 39.3 Å². The third-order valence-electron chi connectivity index (χ3n) is 3.56. The smallest absolute Gasteiger partial charge is 0.0645 e. The van der Waals surface area contributed by atoms with Crippen molar-refractivity contribution in [3.05, 3.63) is 36.0 Å². The van der Waals surface area contributed by atoms with Crippen LogP contribution in [0.4, 0.5) is 0 Å². The maximum Gasteiger partial charge on any atom is 0.0645 e. The molecule has 0 radical (unpaired) electrons. The molecule has 1 N–H and O–H groups in total. The van der Waals surface area contributed by atoms with Crippen molar-refractivity contribution in [2.75, 3.05) is 19.8 Å². The number of hydrogen-bond acceptors (Lipinski definition) is 2. The highest BCUT2D eigenvalue weighted by molar-refractivity contribution is 5.81. The first-order chi connectivity index (χ1) is 10.2. The molecule has 0 aliphatic heterocycles. The lowest BCUT2D eigenvalue weighted by Gasteiger charge is -2.13. The molecule has 2 rings (SSSR count). The molecule has 1 heterocycles. The summed E-state index contributed by atoms with van der Waals surface area (Å²) in [6.07, 6.45) is 1.08. The predicted octanol–water partition coefficient (Wildman–Crippen LogP) is 3.81. The van der Waals surface area contributed by atoms with E-state index < -0.39 is 0 Å². The van der Waals surface area contributed by atoms with E-state index in [9.17, 15) is 0 Å². The first-order valence-corrected chi connectivity index (χ1v) is 8.08. The predicted molar refractivity (Wildman–Crippen MR) is 89.6 cm³/mol. The average molecular weight is 288 g/mol. The summed E-state index contributed by atoms with van der Waals surface area (Å²) < 4.78 is 8.05. The summed E-state index contributed by atoms with van der Waals surface area (Å²) in [7, 11) is 0. The quantitative estimate of drug-likeness (QED) is 0.710. The summed E-state index contributed by atoms with van der Waals surface area (Å²) in [5.41, 5.74) is 2.65. The van der Waals surface area contributed by atoms with E-state index >= 15 is 0 Å². The molecule has 0 unspecified atom stereocenters. The maximum absolute atomic E-state index is 5.66. The minimum atomic E-state index is 0.677. The van der Waals surface area contributed by atoms with Crippen molar-refractivity contribution in [2.24, 2.45) is 5.92 Å². The SMILES string of the molecule is CCCOCCn1c(CNCC(C)C)cc2ccccc21. The normalized spacial score (nSPS) is 11.6. The van der Waals surface area contributed by atoms with Gasteiger partial charge in [-0.2, -0.15) is 0 Å². The van der Waals surface area contributed by atoms with Crippen LogP contribution in [0.15, 0.2) is 30.3 Å². The molecule has 0 amide bonds. The fraction of sp³-hybridized carbons (Fsp3) is 0.556. The highest BCUT2D eigenvalue weighted by atomic mass is 16.5. The van der Waals surface area contributed by atoms with Gasteiger partial charge in [0.25, 0.3) is 0 Å². The molecule has 3 nitrogen and oxygen atoms in total. The molecule has 0 aliphatic carbocycles. The summed E-state index contributed by atoms with van der Waals surface area (Å²) in [4.78, 5) is 0. The largest absolute Gasteiger partial charge is 0.380 e. The summed E-state index contributed by atoms with van der Waals surface area (Å²) in [5.74, 6) is 0.677. The Labute approximate surface area is 128 Å². The highest BCUT2D eigenvalue weighted by Crippen LogP contribution is 2.19. The molecule has 116 valence electrons. The second-order valence-corrected chi connectivity index (χ2v) is 5.98. The van der Waals surface area contributed by atoms with Crippen LogP contribution in [0, 0.1) is 5.92 Å². The standard InChI is InChI=1S/C18H28N2O/c1-4-10-21-11-9-20-17(14-19-13-15(2)3)12-16-7-5-6-8-18(16)20/h5-8,12,15,19H,4,9-11,13-14H2,1-3H3. The van der Waals surface area contributed by atoms with Gasteiger partial charge in [-0.05, 0) is 36.4 Å². The highest BCUT2D eigenvalue weighted by Gasteiger charge is 2.08. The topological polar surface area (TPSA) is 26.2 Å². The lowest BCUT2D eigenvalue weighted by molar-refractivity contribution is 0.127. The van der Waals surface area contributed by atoms with E-state index in [4.69, 9.17) is 4.74 Å².